The van der Waals surface area contributed by atoms with Crippen molar-refractivity contribution in [3.63, 3.8) is 0 Å². The minimum absolute atomic E-state index is 0.988. The molecule has 2 nitrogen and oxygen atoms in total. The number of rotatable bonds is 1. The molecular weight excluding hydrogens is 148 g/mol. The van der Waals surface area contributed by atoms with E-state index in [2.05, 4.69) is 17.1 Å². The first-order valence-electron chi connectivity index (χ1n) is 5.33. The van der Waals surface area contributed by atoms with Crippen LogP contribution in [-0.2, 0) is 0 Å². The van der Waals surface area contributed by atoms with Gasteiger partial charge in [0.15, 0.2) is 0 Å². The van der Waals surface area contributed by atoms with Gasteiger partial charge < -0.3 is 10.2 Å². The van der Waals surface area contributed by atoms with Gasteiger partial charge in [-0.1, -0.05) is 6.92 Å². The summed E-state index contributed by atoms with van der Waals surface area (Å²) in [4.78, 5) is 2.60. The first-order valence-corrected chi connectivity index (χ1v) is 5.33. The lowest BCUT2D eigenvalue weighted by Gasteiger charge is -2.41. The molecule has 0 saturated carbocycles. The Labute approximate surface area is 75.3 Å². The van der Waals surface area contributed by atoms with Crippen molar-refractivity contribution in [2.45, 2.75) is 19.8 Å². The topological polar surface area (TPSA) is 15.3 Å². The summed E-state index contributed by atoms with van der Waals surface area (Å²) in [5, 5.41) is 3.50. The van der Waals surface area contributed by atoms with Gasteiger partial charge in [-0.05, 0) is 50.9 Å². The number of nitrogens with one attached hydrogen (secondary N) is 1. The monoisotopic (exact) mass is 168 g/mol. The van der Waals surface area contributed by atoms with E-state index < -0.39 is 0 Å². The zero-order chi connectivity index (χ0) is 8.39. The van der Waals surface area contributed by atoms with E-state index >= 15 is 0 Å². The first kappa shape index (κ1) is 8.52. The van der Waals surface area contributed by atoms with Gasteiger partial charge in [0, 0.05) is 6.54 Å². The highest BCUT2D eigenvalue weighted by molar-refractivity contribution is 4.84. The quantitative estimate of drug-likeness (QED) is 0.627. The molecule has 0 aliphatic carbocycles. The van der Waals surface area contributed by atoms with Gasteiger partial charge in [-0.15, -0.1) is 0 Å². The normalized spacial score (nSPS) is 37.8. The van der Waals surface area contributed by atoms with E-state index in [0.29, 0.717) is 0 Å². The molecule has 0 aromatic carbocycles. The SMILES string of the molecule is CCN1CCC2CNCCC2C1. The summed E-state index contributed by atoms with van der Waals surface area (Å²) in [5.41, 5.74) is 0. The van der Waals surface area contributed by atoms with Crippen molar-refractivity contribution >= 4 is 0 Å². The van der Waals surface area contributed by atoms with Crippen LogP contribution in [0.15, 0.2) is 0 Å². The third kappa shape index (κ3) is 1.64. The highest BCUT2D eigenvalue weighted by atomic mass is 15.1. The molecule has 2 unspecified atom stereocenters. The fraction of sp³-hybridized carbons (Fsp3) is 1.00. The Bertz CT molecular complexity index is 147. The molecule has 2 saturated heterocycles. The molecule has 70 valence electrons. The van der Waals surface area contributed by atoms with Gasteiger partial charge >= 0.3 is 0 Å². The second kappa shape index (κ2) is 3.75. The standard InChI is InChI=1S/C10H20N2/c1-2-12-6-4-9-7-11-5-3-10(9)8-12/h9-11H,2-8H2,1H3. The van der Waals surface area contributed by atoms with E-state index in [1.165, 1.54) is 45.6 Å². The summed E-state index contributed by atoms with van der Waals surface area (Å²) >= 11 is 0. The minimum atomic E-state index is 0.988. The van der Waals surface area contributed by atoms with Gasteiger partial charge in [0.1, 0.15) is 0 Å². The summed E-state index contributed by atoms with van der Waals surface area (Å²) < 4.78 is 0. The van der Waals surface area contributed by atoms with Crippen LogP contribution in [0, 0.1) is 11.8 Å². The largest absolute Gasteiger partial charge is 0.316 e. The molecule has 0 aromatic heterocycles. The molecule has 0 bridgehead atoms. The van der Waals surface area contributed by atoms with E-state index in [0.717, 1.165) is 11.8 Å². The fourth-order valence-electron chi connectivity index (χ4n) is 2.61. The van der Waals surface area contributed by atoms with Gasteiger partial charge in [-0.3, -0.25) is 0 Å². The van der Waals surface area contributed by atoms with Gasteiger partial charge in [-0.25, -0.2) is 0 Å². The Balaban J connectivity index is 1.90. The van der Waals surface area contributed by atoms with Gasteiger partial charge in [-0.2, -0.15) is 0 Å². The van der Waals surface area contributed by atoms with Crippen LogP contribution in [0.4, 0.5) is 0 Å². The summed E-state index contributed by atoms with van der Waals surface area (Å²) in [6, 6.07) is 0. The first-order chi connectivity index (χ1) is 5.90. The van der Waals surface area contributed by atoms with E-state index in [4.69, 9.17) is 0 Å². The van der Waals surface area contributed by atoms with Crippen LogP contribution in [0.1, 0.15) is 19.8 Å². The molecule has 0 aromatic rings. The number of likely N-dealkylation sites (tertiary alicyclic amines) is 1. The maximum Gasteiger partial charge on any atom is 0.00132 e. The van der Waals surface area contributed by atoms with Crippen LogP contribution >= 0.6 is 0 Å². The van der Waals surface area contributed by atoms with Crippen LogP contribution in [0.25, 0.3) is 0 Å². The van der Waals surface area contributed by atoms with E-state index in [9.17, 15) is 0 Å². The third-order valence-corrected chi connectivity index (χ3v) is 3.52. The highest BCUT2D eigenvalue weighted by Gasteiger charge is 2.29. The molecule has 2 heterocycles. The summed E-state index contributed by atoms with van der Waals surface area (Å²) in [7, 11) is 0. The molecule has 0 amide bonds. The van der Waals surface area contributed by atoms with Crippen LogP contribution in [0.2, 0.25) is 0 Å². The maximum absolute atomic E-state index is 3.50. The molecule has 0 radical (unpaired) electrons. The number of hydrogen-bond donors (Lipinski definition) is 1. The van der Waals surface area contributed by atoms with Crippen molar-refractivity contribution in [1.29, 1.82) is 0 Å². The highest BCUT2D eigenvalue weighted by Crippen LogP contribution is 2.27. The second-order valence-corrected chi connectivity index (χ2v) is 4.19. The molecule has 2 atom stereocenters. The summed E-state index contributed by atoms with van der Waals surface area (Å²) in [5.74, 6) is 1.99. The molecular formula is C10H20N2. The molecule has 0 spiro atoms. The third-order valence-electron chi connectivity index (χ3n) is 3.52. The number of piperidine rings is 2. The Kier molecular flexibility index (Phi) is 2.66. The van der Waals surface area contributed by atoms with E-state index in [1.54, 1.807) is 0 Å². The van der Waals surface area contributed by atoms with Crippen molar-refractivity contribution < 1.29 is 0 Å². The smallest absolute Gasteiger partial charge is 0.00132 e. The Morgan fingerprint density at radius 3 is 3.08 bits per heavy atom. The molecule has 2 fully saturated rings. The van der Waals surface area contributed by atoms with Crippen LogP contribution < -0.4 is 5.32 Å². The average molecular weight is 168 g/mol. The molecule has 12 heavy (non-hydrogen) atoms. The van der Waals surface area contributed by atoms with Crippen molar-refractivity contribution in [1.82, 2.24) is 10.2 Å². The minimum Gasteiger partial charge on any atom is -0.316 e. The van der Waals surface area contributed by atoms with Crippen LogP contribution in [-0.4, -0.2) is 37.6 Å². The van der Waals surface area contributed by atoms with Crippen molar-refractivity contribution in [2.75, 3.05) is 32.7 Å². The molecule has 2 rings (SSSR count). The van der Waals surface area contributed by atoms with Crippen molar-refractivity contribution in [2.24, 2.45) is 11.8 Å². The Morgan fingerprint density at radius 2 is 2.25 bits per heavy atom. The van der Waals surface area contributed by atoms with Gasteiger partial charge in [0.2, 0.25) is 0 Å². The molecule has 2 aliphatic rings. The molecule has 2 aliphatic heterocycles. The second-order valence-electron chi connectivity index (χ2n) is 4.19. The Hall–Kier alpha value is -0.0800. The van der Waals surface area contributed by atoms with Gasteiger partial charge in [0.05, 0.1) is 0 Å². The Morgan fingerprint density at radius 1 is 1.33 bits per heavy atom. The zero-order valence-electron chi connectivity index (χ0n) is 8.05. The number of fused-ring (bicyclic) bond motifs is 1. The number of nitrogens with zero attached hydrogens (tertiary/aromatic N) is 1. The molecule has 1 N–H and O–H groups in total. The lowest BCUT2D eigenvalue weighted by atomic mass is 9.81. The van der Waals surface area contributed by atoms with Gasteiger partial charge in [0.25, 0.3) is 0 Å². The van der Waals surface area contributed by atoms with Crippen molar-refractivity contribution in [3.05, 3.63) is 0 Å². The summed E-state index contributed by atoms with van der Waals surface area (Å²) in [6.07, 6.45) is 2.83. The van der Waals surface area contributed by atoms with E-state index in [-0.39, 0.29) is 0 Å². The predicted octanol–water partition coefficient (Wildman–Crippen LogP) is 0.938. The van der Waals surface area contributed by atoms with E-state index in [1.807, 2.05) is 0 Å². The summed E-state index contributed by atoms with van der Waals surface area (Å²) in [6.45, 7) is 8.75. The average Bonchev–Trinajstić information content (AvgIpc) is 2.17. The predicted molar refractivity (Wildman–Crippen MR) is 51.2 cm³/mol. The zero-order valence-corrected chi connectivity index (χ0v) is 8.05. The van der Waals surface area contributed by atoms with Crippen molar-refractivity contribution in [3.8, 4) is 0 Å². The maximum atomic E-state index is 3.50. The van der Waals surface area contributed by atoms with Crippen LogP contribution in [0.5, 0.6) is 0 Å². The number of hydrogen-bond acceptors (Lipinski definition) is 2. The lowest BCUT2D eigenvalue weighted by molar-refractivity contribution is 0.0997. The lowest BCUT2D eigenvalue weighted by Crippen LogP contribution is -2.47. The van der Waals surface area contributed by atoms with Crippen LogP contribution in [0.3, 0.4) is 0 Å². The fourth-order valence-corrected chi connectivity index (χ4v) is 2.61. The molecule has 2 heteroatoms.